The molecule has 8 nitrogen and oxygen atoms in total. The summed E-state index contributed by atoms with van der Waals surface area (Å²) >= 11 is 0. The van der Waals surface area contributed by atoms with E-state index in [0.29, 0.717) is 4.90 Å². The first-order chi connectivity index (χ1) is 17.3. The number of likely N-dealkylation sites (tertiary alicyclic amines) is 1. The molecule has 37 heavy (non-hydrogen) atoms. The molecule has 2 unspecified atom stereocenters. The second-order valence-corrected chi connectivity index (χ2v) is 9.04. The minimum absolute atomic E-state index is 0.0314. The number of carbonyl (C=O) groups is 2. The lowest BCUT2D eigenvalue weighted by Gasteiger charge is -2.38. The van der Waals surface area contributed by atoms with Crippen LogP contribution in [0, 0.1) is 5.82 Å². The van der Waals surface area contributed by atoms with Crippen LogP contribution in [0.2, 0.25) is 0 Å². The highest BCUT2D eigenvalue weighted by Crippen LogP contribution is 2.36. The molecule has 3 heterocycles. The van der Waals surface area contributed by atoms with E-state index >= 15 is 0 Å². The molecule has 2 aliphatic heterocycles. The Kier molecular flexibility index (Phi) is 7.16. The Morgan fingerprint density at radius 2 is 1.86 bits per heavy atom. The third-order valence-corrected chi connectivity index (χ3v) is 6.32. The zero-order valence-corrected chi connectivity index (χ0v) is 19.3. The van der Waals surface area contributed by atoms with E-state index in [1.165, 1.54) is 17.0 Å². The van der Waals surface area contributed by atoms with E-state index in [1.54, 1.807) is 0 Å². The van der Waals surface area contributed by atoms with E-state index in [1.807, 2.05) is 0 Å². The molecule has 1 saturated heterocycles. The quantitative estimate of drug-likeness (QED) is 0.574. The Hall–Kier alpha value is -3.26. The van der Waals surface area contributed by atoms with Gasteiger partial charge in [0.25, 0.3) is 5.92 Å². The van der Waals surface area contributed by atoms with Gasteiger partial charge in [0.1, 0.15) is 5.82 Å². The van der Waals surface area contributed by atoms with Crippen molar-refractivity contribution in [2.24, 2.45) is 5.73 Å². The highest BCUT2D eigenvalue weighted by atomic mass is 19.4. The van der Waals surface area contributed by atoms with Crippen molar-refractivity contribution in [2.75, 3.05) is 13.1 Å². The molecule has 200 valence electrons. The molecule has 0 spiro atoms. The summed E-state index contributed by atoms with van der Waals surface area (Å²) in [5.74, 6) is -5.69. The molecular weight excluding hydrogens is 508 g/mol. The summed E-state index contributed by atoms with van der Waals surface area (Å²) in [6.07, 6.45) is -9.03. The fourth-order valence-corrected chi connectivity index (χ4v) is 4.39. The van der Waals surface area contributed by atoms with Crippen LogP contribution in [-0.2, 0) is 28.7 Å². The second-order valence-electron chi connectivity index (χ2n) is 9.04. The number of hydrogen-bond acceptors (Lipinski definition) is 6. The number of rotatable bonds is 5. The first-order valence-electron chi connectivity index (χ1n) is 11.4. The largest absolute Gasteiger partial charge is 0.433 e. The lowest BCUT2D eigenvalue weighted by molar-refractivity contribution is -0.205. The number of halogens is 6. The fourth-order valence-electron chi connectivity index (χ4n) is 4.39. The Morgan fingerprint density at radius 3 is 2.51 bits per heavy atom. The smallest absolute Gasteiger partial charge is 0.368 e. The number of hydrogen-bond donors (Lipinski definition) is 2. The Morgan fingerprint density at radius 1 is 1.19 bits per heavy atom. The van der Waals surface area contributed by atoms with Gasteiger partial charge in [-0.2, -0.15) is 13.2 Å². The third kappa shape index (κ3) is 5.69. The topological polar surface area (TPSA) is 113 Å². The Labute approximate surface area is 207 Å². The molecule has 3 N–H and O–H groups in total. The molecule has 1 fully saturated rings. The number of carbonyl (C=O) groups excluding carboxylic acids is 2. The average molecular weight is 531 g/mol. The lowest BCUT2D eigenvalue weighted by Crippen LogP contribution is -2.58. The van der Waals surface area contributed by atoms with Crippen LogP contribution >= 0.6 is 0 Å². The van der Waals surface area contributed by atoms with E-state index in [2.05, 4.69) is 9.97 Å². The van der Waals surface area contributed by atoms with Crippen molar-refractivity contribution in [1.29, 1.82) is 0 Å². The van der Waals surface area contributed by atoms with Crippen molar-refractivity contribution in [1.82, 2.24) is 19.8 Å². The summed E-state index contributed by atoms with van der Waals surface area (Å²) in [6.45, 7) is -0.880. The van der Waals surface area contributed by atoms with E-state index < -0.39 is 73.5 Å². The molecule has 0 radical (unpaired) electrons. The second kappa shape index (κ2) is 9.89. The van der Waals surface area contributed by atoms with Gasteiger partial charge in [-0.1, -0.05) is 0 Å². The number of aliphatic hydroxyl groups is 1. The van der Waals surface area contributed by atoms with Crippen molar-refractivity contribution in [3.63, 3.8) is 0 Å². The van der Waals surface area contributed by atoms with Gasteiger partial charge in [-0.15, -0.1) is 0 Å². The monoisotopic (exact) mass is 531 g/mol. The van der Waals surface area contributed by atoms with Crippen molar-refractivity contribution >= 4 is 11.8 Å². The molecule has 0 saturated carbocycles. The van der Waals surface area contributed by atoms with Gasteiger partial charge in [0, 0.05) is 49.5 Å². The molecule has 4 rings (SSSR count). The summed E-state index contributed by atoms with van der Waals surface area (Å²) in [7, 11) is 0. The number of fused-ring (bicyclic) bond motifs is 1. The van der Waals surface area contributed by atoms with E-state index in [0.717, 1.165) is 12.1 Å². The average Bonchev–Trinajstić information content (AvgIpc) is 2.83. The molecule has 14 heteroatoms. The highest BCUT2D eigenvalue weighted by Gasteiger charge is 2.48. The summed E-state index contributed by atoms with van der Waals surface area (Å²) in [4.78, 5) is 34.5. The maximum atomic E-state index is 13.8. The standard InChI is InChI=1S/C23H23F6N5O3/c24-13-3-1-12(2-4-13)20-31-16-11-33(8-6-15(16)19(32-20)23(27,28)29)18(36)9-14(30)10-34-17(35)5-7-22(25,26)21(34)37/h1-4,14,21,37H,5-11,30H2. The molecule has 2 aliphatic rings. The predicted octanol–water partition coefficient (Wildman–Crippen LogP) is 2.48. The number of benzene rings is 1. The summed E-state index contributed by atoms with van der Waals surface area (Å²) in [5.41, 5.74) is 4.74. The van der Waals surface area contributed by atoms with Crippen molar-refractivity contribution < 1.29 is 41.0 Å². The number of aromatic nitrogens is 2. The van der Waals surface area contributed by atoms with Crippen molar-refractivity contribution in [3.8, 4) is 11.4 Å². The molecule has 0 bridgehead atoms. The van der Waals surface area contributed by atoms with Crippen LogP contribution in [0.4, 0.5) is 26.3 Å². The van der Waals surface area contributed by atoms with Crippen LogP contribution in [0.3, 0.4) is 0 Å². The van der Waals surface area contributed by atoms with Crippen LogP contribution in [0.15, 0.2) is 24.3 Å². The SMILES string of the molecule is NC(CC(=O)N1CCc2c(nc(-c3ccc(F)cc3)nc2C(F)(F)F)C1)CN1C(=O)CCC(F)(F)C1O. The van der Waals surface area contributed by atoms with Crippen molar-refractivity contribution in [2.45, 2.75) is 56.6 Å². The normalized spacial score (nSPS) is 20.5. The molecule has 1 aromatic heterocycles. The number of alkyl halides is 5. The number of nitrogens with zero attached hydrogens (tertiary/aromatic N) is 4. The number of amides is 2. The van der Waals surface area contributed by atoms with E-state index in [4.69, 9.17) is 5.73 Å². The van der Waals surface area contributed by atoms with E-state index in [9.17, 15) is 41.0 Å². The van der Waals surface area contributed by atoms with Crippen LogP contribution in [0.1, 0.15) is 36.2 Å². The minimum atomic E-state index is -4.79. The fraction of sp³-hybridized carbons (Fsp3) is 0.478. The Balaban J connectivity index is 1.51. The predicted molar refractivity (Wildman–Crippen MR) is 116 cm³/mol. The third-order valence-electron chi connectivity index (χ3n) is 6.32. The lowest BCUT2D eigenvalue weighted by atomic mass is 10.0. The van der Waals surface area contributed by atoms with Crippen LogP contribution < -0.4 is 5.73 Å². The van der Waals surface area contributed by atoms with Crippen LogP contribution in [-0.4, -0.2) is 68.0 Å². The first kappa shape index (κ1) is 26.8. The highest BCUT2D eigenvalue weighted by molar-refractivity contribution is 5.79. The zero-order chi connectivity index (χ0) is 27.1. The summed E-state index contributed by atoms with van der Waals surface area (Å²) < 4.78 is 82.1. The Bertz CT molecular complexity index is 1190. The molecule has 1 aromatic carbocycles. The maximum absolute atomic E-state index is 13.8. The zero-order valence-electron chi connectivity index (χ0n) is 19.3. The van der Waals surface area contributed by atoms with Gasteiger partial charge in [-0.3, -0.25) is 9.59 Å². The van der Waals surface area contributed by atoms with Gasteiger partial charge < -0.3 is 20.6 Å². The molecular formula is C23H23F6N5O3. The number of piperidine rings is 1. The molecule has 0 aliphatic carbocycles. The van der Waals surface area contributed by atoms with E-state index in [-0.39, 0.29) is 42.2 Å². The molecule has 2 aromatic rings. The van der Waals surface area contributed by atoms with Gasteiger partial charge in [0.15, 0.2) is 17.7 Å². The van der Waals surface area contributed by atoms with Gasteiger partial charge in [-0.25, -0.2) is 23.1 Å². The number of nitrogens with two attached hydrogens (primary N) is 1. The van der Waals surface area contributed by atoms with Gasteiger partial charge in [0.2, 0.25) is 11.8 Å². The summed E-state index contributed by atoms with van der Waals surface area (Å²) in [6, 6.07) is 3.49. The van der Waals surface area contributed by atoms with Gasteiger partial charge in [0.05, 0.1) is 12.2 Å². The first-order valence-corrected chi connectivity index (χ1v) is 11.4. The molecule has 2 atom stereocenters. The summed E-state index contributed by atoms with van der Waals surface area (Å²) in [5, 5.41) is 9.81. The molecule has 2 amide bonds. The van der Waals surface area contributed by atoms with Crippen LogP contribution in [0.5, 0.6) is 0 Å². The van der Waals surface area contributed by atoms with Crippen LogP contribution in [0.25, 0.3) is 11.4 Å². The van der Waals surface area contributed by atoms with Gasteiger partial charge >= 0.3 is 6.18 Å². The van der Waals surface area contributed by atoms with Crippen molar-refractivity contribution in [3.05, 3.63) is 47.0 Å². The van der Waals surface area contributed by atoms with Gasteiger partial charge in [-0.05, 0) is 30.7 Å². The number of aliphatic hydroxyl groups excluding tert-OH is 1. The maximum Gasteiger partial charge on any atom is 0.433 e. The minimum Gasteiger partial charge on any atom is -0.368 e.